The van der Waals surface area contributed by atoms with Gasteiger partial charge in [-0.3, -0.25) is 0 Å². The summed E-state index contributed by atoms with van der Waals surface area (Å²) in [4.78, 5) is 24.4. The third-order valence-corrected chi connectivity index (χ3v) is 4.23. The third kappa shape index (κ3) is 3.88. The number of furan rings is 1. The lowest BCUT2D eigenvalue weighted by atomic mass is 10.1. The number of nitrogens with zero attached hydrogens (tertiary/aromatic N) is 3. The van der Waals surface area contributed by atoms with E-state index in [1.807, 2.05) is 0 Å². The van der Waals surface area contributed by atoms with Crippen LogP contribution in [-0.2, 0) is 11.3 Å². The number of rotatable bonds is 5. The number of nitrogens with one attached hydrogen (secondary N) is 1. The monoisotopic (exact) mass is 411 g/mol. The van der Waals surface area contributed by atoms with Crippen LogP contribution in [-0.4, -0.2) is 20.9 Å². The number of benzene rings is 2. The molecular weight excluding hydrogens is 396 g/mol. The molecule has 8 nitrogen and oxygen atoms in total. The third-order valence-electron chi connectivity index (χ3n) is 4.23. The first-order valence-corrected chi connectivity index (χ1v) is 8.78. The highest BCUT2D eigenvalue weighted by Crippen LogP contribution is 2.27. The fourth-order valence-corrected chi connectivity index (χ4v) is 2.82. The highest BCUT2D eigenvalue weighted by atomic mass is 19.1. The van der Waals surface area contributed by atoms with Gasteiger partial charge in [0, 0.05) is 16.6 Å². The Bertz CT molecular complexity index is 1240. The van der Waals surface area contributed by atoms with Crippen LogP contribution in [0.1, 0.15) is 21.9 Å². The first-order valence-electron chi connectivity index (χ1n) is 8.78. The molecule has 3 N–H and O–H groups in total. The fourth-order valence-electron chi connectivity index (χ4n) is 2.82. The second-order valence-electron chi connectivity index (χ2n) is 6.31. The molecule has 0 aliphatic rings. The minimum Gasteiger partial charge on any atom is -0.452 e. The van der Waals surface area contributed by atoms with Gasteiger partial charge in [0.2, 0.25) is 17.7 Å². The van der Waals surface area contributed by atoms with E-state index in [-0.39, 0.29) is 41.5 Å². The van der Waals surface area contributed by atoms with Crippen LogP contribution in [0, 0.1) is 18.6 Å². The van der Waals surface area contributed by atoms with Crippen LogP contribution in [0.25, 0.3) is 11.0 Å². The van der Waals surface area contributed by atoms with Gasteiger partial charge < -0.3 is 20.2 Å². The van der Waals surface area contributed by atoms with Crippen molar-refractivity contribution in [3.63, 3.8) is 0 Å². The first-order chi connectivity index (χ1) is 14.4. The van der Waals surface area contributed by atoms with Gasteiger partial charge >= 0.3 is 5.97 Å². The first kappa shape index (κ1) is 19.2. The van der Waals surface area contributed by atoms with Gasteiger partial charge in [-0.1, -0.05) is 12.1 Å². The second kappa shape index (κ2) is 7.74. The van der Waals surface area contributed by atoms with Crippen LogP contribution in [0.3, 0.4) is 0 Å². The number of aryl methyl sites for hydroxylation is 1. The molecule has 0 saturated heterocycles. The molecule has 2 heterocycles. The van der Waals surface area contributed by atoms with Crippen molar-refractivity contribution >= 4 is 34.5 Å². The van der Waals surface area contributed by atoms with Gasteiger partial charge in [0.25, 0.3) is 0 Å². The summed E-state index contributed by atoms with van der Waals surface area (Å²) in [7, 11) is 0. The number of carbonyl (C=O) groups is 1. The standard InChI is InChI=1S/C20H15F2N5O3/c1-10-13-3-2-4-14(22)17(13)30-16(10)18(28)29-9-15-25-19(23)27-20(26-15)24-12-7-5-11(21)6-8-12/h2-8H,9H2,1H3,(H3,23,24,25,26,27). The number of aromatic nitrogens is 3. The average Bonchev–Trinajstić information content (AvgIpc) is 3.06. The van der Waals surface area contributed by atoms with E-state index in [1.165, 1.54) is 36.4 Å². The molecule has 0 aliphatic carbocycles. The van der Waals surface area contributed by atoms with Crippen LogP contribution in [0.5, 0.6) is 0 Å². The Kier molecular flexibility index (Phi) is 4.97. The molecule has 0 spiro atoms. The molecule has 0 fully saturated rings. The average molecular weight is 411 g/mol. The Labute approximate surface area is 168 Å². The maximum atomic E-state index is 13.9. The Balaban J connectivity index is 1.50. The number of halogens is 2. The topological polar surface area (TPSA) is 116 Å². The van der Waals surface area contributed by atoms with E-state index in [0.717, 1.165) is 0 Å². The number of esters is 1. The number of ether oxygens (including phenoxy) is 1. The lowest BCUT2D eigenvalue weighted by molar-refractivity contribution is 0.0427. The minimum atomic E-state index is -0.796. The molecule has 0 amide bonds. The van der Waals surface area contributed by atoms with Gasteiger partial charge in [-0.2, -0.15) is 15.0 Å². The number of nitrogen functional groups attached to an aromatic ring is 1. The van der Waals surface area contributed by atoms with Crippen molar-refractivity contribution in [2.24, 2.45) is 0 Å². The van der Waals surface area contributed by atoms with Crippen LogP contribution in [0.2, 0.25) is 0 Å². The zero-order valence-corrected chi connectivity index (χ0v) is 15.6. The van der Waals surface area contributed by atoms with E-state index in [1.54, 1.807) is 13.0 Å². The molecule has 0 atom stereocenters. The number of fused-ring (bicyclic) bond motifs is 1. The SMILES string of the molecule is Cc1c(C(=O)OCc2nc(N)nc(Nc3ccc(F)cc3)n2)oc2c(F)cccc12. The van der Waals surface area contributed by atoms with Crippen LogP contribution in [0.4, 0.5) is 26.4 Å². The van der Waals surface area contributed by atoms with E-state index >= 15 is 0 Å². The molecule has 0 bridgehead atoms. The summed E-state index contributed by atoms with van der Waals surface area (Å²) < 4.78 is 37.4. The van der Waals surface area contributed by atoms with E-state index in [2.05, 4.69) is 20.3 Å². The Hall–Kier alpha value is -4.08. The van der Waals surface area contributed by atoms with Gasteiger partial charge in [0.05, 0.1) is 0 Å². The summed E-state index contributed by atoms with van der Waals surface area (Å²) in [5.74, 6) is -1.78. The van der Waals surface area contributed by atoms with Gasteiger partial charge in [-0.25, -0.2) is 13.6 Å². The highest BCUT2D eigenvalue weighted by molar-refractivity contribution is 5.96. The summed E-state index contributed by atoms with van der Waals surface area (Å²) in [6.07, 6.45) is 0. The van der Waals surface area contributed by atoms with Crippen LogP contribution < -0.4 is 11.1 Å². The quantitative estimate of drug-likeness (QED) is 0.475. The summed E-state index contributed by atoms with van der Waals surface area (Å²) in [5.41, 5.74) is 6.66. The highest BCUT2D eigenvalue weighted by Gasteiger charge is 2.21. The van der Waals surface area contributed by atoms with Crippen molar-refractivity contribution in [2.45, 2.75) is 13.5 Å². The number of carbonyl (C=O) groups excluding carboxylic acids is 1. The fraction of sp³-hybridized carbons (Fsp3) is 0.100. The van der Waals surface area contributed by atoms with E-state index in [0.29, 0.717) is 16.6 Å². The molecule has 4 aromatic rings. The molecule has 0 radical (unpaired) electrons. The summed E-state index contributed by atoms with van der Waals surface area (Å²) in [6.45, 7) is 1.32. The predicted molar refractivity (Wildman–Crippen MR) is 104 cm³/mol. The Morgan fingerprint density at radius 3 is 2.63 bits per heavy atom. The van der Waals surface area contributed by atoms with Crippen molar-refractivity contribution in [1.29, 1.82) is 0 Å². The van der Waals surface area contributed by atoms with Crippen molar-refractivity contribution in [3.8, 4) is 0 Å². The molecule has 0 unspecified atom stereocenters. The minimum absolute atomic E-state index is 0.0165. The van der Waals surface area contributed by atoms with E-state index < -0.39 is 11.8 Å². The largest absolute Gasteiger partial charge is 0.452 e. The predicted octanol–water partition coefficient (Wildman–Crippen LogP) is 3.89. The summed E-state index contributed by atoms with van der Waals surface area (Å²) >= 11 is 0. The molecule has 30 heavy (non-hydrogen) atoms. The zero-order valence-electron chi connectivity index (χ0n) is 15.6. The number of para-hydroxylation sites is 1. The zero-order chi connectivity index (χ0) is 21.3. The Morgan fingerprint density at radius 2 is 1.90 bits per heavy atom. The maximum Gasteiger partial charge on any atom is 0.375 e. The van der Waals surface area contributed by atoms with Crippen molar-refractivity contribution in [3.05, 3.63) is 71.2 Å². The molecule has 2 aromatic heterocycles. The molecule has 0 aliphatic heterocycles. The molecule has 2 aromatic carbocycles. The molecule has 152 valence electrons. The molecule has 10 heteroatoms. The Morgan fingerprint density at radius 1 is 1.13 bits per heavy atom. The molecular formula is C20H15F2N5O3. The van der Waals surface area contributed by atoms with Gasteiger partial charge in [-0.05, 0) is 37.3 Å². The van der Waals surface area contributed by atoms with E-state index in [4.69, 9.17) is 14.9 Å². The lowest BCUT2D eigenvalue weighted by Crippen LogP contribution is -2.11. The van der Waals surface area contributed by atoms with Crippen molar-refractivity contribution in [2.75, 3.05) is 11.1 Å². The van der Waals surface area contributed by atoms with Crippen LogP contribution >= 0.6 is 0 Å². The summed E-state index contributed by atoms with van der Waals surface area (Å²) in [6, 6.07) is 9.95. The van der Waals surface area contributed by atoms with E-state index in [9.17, 15) is 13.6 Å². The van der Waals surface area contributed by atoms with Gasteiger partial charge in [0.15, 0.2) is 23.8 Å². The molecule has 0 saturated carbocycles. The summed E-state index contributed by atoms with van der Waals surface area (Å²) in [5, 5.41) is 3.34. The molecule has 4 rings (SSSR count). The maximum absolute atomic E-state index is 13.9. The normalized spacial score (nSPS) is 10.9. The van der Waals surface area contributed by atoms with Crippen LogP contribution in [0.15, 0.2) is 46.9 Å². The number of hydrogen-bond donors (Lipinski definition) is 2. The van der Waals surface area contributed by atoms with Gasteiger partial charge in [0.1, 0.15) is 5.82 Å². The van der Waals surface area contributed by atoms with Crippen molar-refractivity contribution < 1.29 is 22.7 Å². The number of anilines is 3. The second-order valence-corrected chi connectivity index (χ2v) is 6.31. The van der Waals surface area contributed by atoms with Gasteiger partial charge in [-0.15, -0.1) is 0 Å². The number of hydrogen-bond acceptors (Lipinski definition) is 8. The van der Waals surface area contributed by atoms with Crippen molar-refractivity contribution in [1.82, 2.24) is 15.0 Å². The smallest absolute Gasteiger partial charge is 0.375 e. The number of nitrogens with two attached hydrogens (primary N) is 1. The lowest BCUT2D eigenvalue weighted by Gasteiger charge is -2.08.